The molecule has 15 heteroatoms. The molecule has 0 aliphatic carbocycles. The van der Waals surface area contributed by atoms with Gasteiger partial charge in [0.15, 0.2) is 11.6 Å². The Hall–Kier alpha value is -5.60. The molecule has 1 amide bonds. The van der Waals surface area contributed by atoms with E-state index in [1.54, 1.807) is 12.1 Å². The number of aromatic nitrogens is 4. The molecule has 0 saturated carbocycles. The normalized spacial score (nSPS) is 12.2. The number of pyridine rings is 2. The number of carboxylic acid groups (broad SMARTS) is 1. The minimum atomic E-state index is -3.26. The maximum absolute atomic E-state index is 15.2. The van der Waals surface area contributed by atoms with E-state index in [0.29, 0.717) is 23.4 Å². The lowest BCUT2D eigenvalue weighted by atomic mass is 9.99. The zero-order valence-corrected chi connectivity index (χ0v) is 30.1. The van der Waals surface area contributed by atoms with Crippen LogP contribution in [0.2, 0.25) is 0 Å². The predicted molar refractivity (Wildman–Crippen MR) is 193 cm³/mol. The number of halogens is 4. The van der Waals surface area contributed by atoms with Crippen LogP contribution in [0.15, 0.2) is 64.6 Å². The van der Waals surface area contributed by atoms with Crippen molar-refractivity contribution in [1.29, 1.82) is 0 Å². The van der Waals surface area contributed by atoms with Gasteiger partial charge in [0.1, 0.15) is 6.04 Å². The van der Waals surface area contributed by atoms with Gasteiger partial charge in [-0.05, 0) is 48.7 Å². The van der Waals surface area contributed by atoms with E-state index in [4.69, 9.17) is 0 Å². The lowest BCUT2D eigenvalue weighted by Crippen LogP contribution is -2.43. The third-order valence-corrected chi connectivity index (χ3v) is 8.16. The van der Waals surface area contributed by atoms with Crippen LogP contribution < -0.4 is 21.9 Å². The number of anilines is 1. The molecule has 0 aliphatic heterocycles. The number of nitrogens with one attached hydrogen (secondary N) is 2. The van der Waals surface area contributed by atoms with Crippen LogP contribution in [0.5, 0.6) is 0 Å². The Balaban J connectivity index is 0.00000176. The highest BCUT2D eigenvalue weighted by Crippen LogP contribution is 2.30. The molecule has 3 heterocycles. The van der Waals surface area contributed by atoms with Gasteiger partial charge in [-0.15, -0.1) is 0 Å². The SMILES string of the molecule is CC.CC.CC[C@@H](Nc1cc(C)c(C(=O)N[C@@H](Cc2ccc(-n3c(=O)c4ccncc4n(C)c3=O)c3ncccc23)C(=O)O)c(F)c1F)C(C)(F)F. The Kier molecular flexibility index (Phi) is 13.4. The summed E-state index contributed by atoms with van der Waals surface area (Å²) in [6.45, 7) is 11.3. The lowest BCUT2D eigenvalue weighted by molar-refractivity contribution is -0.139. The van der Waals surface area contributed by atoms with Crippen molar-refractivity contribution in [1.82, 2.24) is 24.4 Å². The van der Waals surface area contributed by atoms with Gasteiger partial charge in [0, 0.05) is 38.2 Å². The molecule has 278 valence electrons. The van der Waals surface area contributed by atoms with Gasteiger partial charge in [0.05, 0.1) is 45.6 Å². The van der Waals surface area contributed by atoms with Crippen LogP contribution in [0, 0.1) is 18.6 Å². The highest BCUT2D eigenvalue weighted by molar-refractivity contribution is 5.99. The maximum atomic E-state index is 15.2. The highest BCUT2D eigenvalue weighted by atomic mass is 19.3. The number of fused-ring (bicyclic) bond motifs is 2. The molecule has 5 aromatic rings. The van der Waals surface area contributed by atoms with Crippen LogP contribution in [0.1, 0.15) is 69.4 Å². The standard InChI is InChI=1S/C33H30F4N6O5.2C2H6/c1-5-24(33(3,36)37)40-20-13-16(2)25(27(35)26(20)34)29(44)41-21(31(46)47)14-17-8-9-22(28-18(17)7-6-11-39-28)43-30(45)19-10-12-38-15-23(19)42(4)32(43)48;2*1-2/h6-13,15,21,24,40H,5,14H2,1-4H3,(H,41,44)(H,46,47);2*1-2H3/t21-,24+;;/m0../s1. The van der Waals surface area contributed by atoms with Gasteiger partial charge in [-0.3, -0.25) is 24.1 Å². The van der Waals surface area contributed by atoms with E-state index in [1.165, 1.54) is 62.3 Å². The molecule has 0 unspecified atom stereocenters. The van der Waals surface area contributed by atoms with Gasteiger partial charge in [0.25, 0.3) is 17.4 Å². The van der Waals surface area contributed by atoms with Crippen molar-refractivity contribution < 1.29 is 32.3 Å². The minimum Gasteiger partial charge on any atom is -0.480 e. The smallest absolute Gasteiger partial charge is 0.335 e. The van der Waals surface area contributed by atoms with Gasteiger partial charge in [-0.25, -0.2) is 31.7 Å². The molecule has 5 rings (SSSR count). The lowest BCUT2D eigenvalue weighted by Gasteiger charge is -2.25. The van der Waals surface area contributed by atoms with Crippen molar-refractivity contribution in [3.8, 4) is 5.69 Å². The fourth-order valence-electron chi connectivity index (χ4n) is 5.64. The number of alkyl halides is 2. The van der Waals surface area contributed by atoms with Crippen molar-refractivity contribution in [3.63, 3.8) is 0 Å². The summed E-state index contributed by atoms with van der Waals surface area (Å²) in [5, 5.41) is 15.1. The monoisotopic (exact) mass is 726 g/mol. The van der Waals surface area contributed by atoms with Crippen molar-refractivity contribution >= 4 is 39.4 Å². The van der Waals surface area contributed by atoms with E-state index in [1.807, 2.05) is 27.7 Å². The first-order valence-corrected chi connectivity index (χ1v) is 16.7. The first kappa shape index (κ1) is 40.8. The van der Waals surface area contributed by atoms with E-state index >= 15 is 8.78 Å². The molecule has 2 aromatic carbocycles. The molecule has 0 bridgehead atoms. The number of carbonyl (C=O) groups excluding carboxylic acids is 1. The van der Waals surface area contributed by atoms with E-state index in [9.17, 15) is 33.1 Å². The third-order valence-electron chi connectivity index (χ3n) is 8.16. The summed E-state index contributed by atoms with van der Waals surface area (Å²) >= 11 is 0. The number of aliphatic carboxylic acids is 1. The number of carbonyl (C=O) groups is 2. The van der Waals surface area contributed by atoms with Crippen molar-refractivity contribution in [2.75, 3.05) is 5.32 Å². The Morgan fingerprint density at radius 3 is 2.29 bits per heavy atom. The molecule has 0 radical (unpaired) electrons. The van der Waals surface area contributed by atoms with Gasteiger partial charge >= 0.3 is 11.7 Å². The van der Waals surface area contributed by atoms with Crippen LogP contribution in [-0.2, 0) is 18.3 Å². The first-order chi connectivity index (χ1) is 24.6. The molecule has 3 aromatic heterocycles. The van der Waals surface area contributed by atoms with Crippen LogP contribution in [0.25, 0.3) is 27.5 Å². The second kappa shape index (κ2) is 17.1. The number of amides is 1. The second-order valence-electron chi connectivity index (χ2n) is 11.4. The van der Waals surface area contributed by atoms with Gasteiger partial charge in [0.2, 0.25) is 0 Å². The molecule has 52 heavy (non-hydrogen) atoms. The summed E-state index contributed by atoms with van der Waals surface area (Å²) in [4.78, 5) is 60.6. The maximum Gasteiger partial charge on any atom is 0.335 e. The number of benzene rings is 2. The van der Waals surface area contributed by atoms with Gasteiger partial charge in [-0.1, -0.05) is 46.8 Å². The summed E-state index contributed by atoms with van der Waals surface area (Å²) in [5.74, 6) is -9.20. The Morgan fingerprint density at radius 2 is 1.67 bits per heavy atom. The van der Waals surface area contributed by atoms with Crippen molar-refractivity contribution in [3.05, 3.63) is 104 Å². The first-order valence-electron chi connectivity index (χ1n) is 16.7. The minimum absolute atomic E-state index is 0.106. The number of carboxylic acids is 1. The molecule has 0 aliphatic rings. The number of hydrogen-bond donors (Lipinski definition) is 3. The summed E-state index contributed by atoms with van der Waals surface area (Å²) < 4.78 is 60.2. The summed E-state index contributed by atoms with van der Waals surface area (Å²) in [6.07, 6.45) is 3.78. The third kappa shape index (κ3) is 8.13. The zero-order chi connectivity index (χ0) is 39.1. The molecule has 3 N–H and O–H groups in total. The van der Waals surface area contributed by atoms with Crippen LogP contribution >= 0.6 is 0 Å². The number of aryl methyl sites for hydroxylation is 2. The summed E-state index contributed by atoms with van der Waals surface area (Å²) in [6, 6.07) is 5.37. The van der Waals surface area contributed by atoms with Crippen LogP contribution in [0.3, 0.4) is 0 Å². The number of rotatable bonds is 10. The predicted octanol–water partition coefficient (Wildman–Crippen LogP) is 6.54. The Bertz CT molecular complexity index is 2210. The summed E-state index contributed by atoms with van der Waals surface area (Å²) in [7, 11) is 1.48. The molecule has 0 fully saturated rings. The van der Waals surface area contributed by atoms with Gasteiger partial charge < -0.3 is 15.7 Å². The number of hydrogen-bond acceptors (Lipinski definition) is 7. The van der Waals surface area contributed by atoms with Crippen LogP contribution in [0.4, 0.5) is 23.2 Å². The molecular weight excluding hydrogens is 684 g/mol. The topological polar surface area (TPSA) is 148 Å². The Labute approximate surface area is 297 Å². The summed E-state index contributed by atoms with van der Waals surface area (Å²) in [5.41, 5.74) is -1.79. The fraction of sp³-hybridized carbons (Fsp3) is 0.351. The highest BCUT2D eigenvalue weighted by Gasteiger charge is 2.34. The van der Waals surface area contributed by atoms with Crippen molar-refractivity contribution in [2.45, 2.75) is 79.3 Å². The molecule has 0 saturated heterocycles. The number of nitrogens with zero attached hydrogens (tertiary/aromatic N) is 4. The van der Waals surface area contributed by atoms with E-state index in [2.05, 4.69) is 20.6 Å². The average Bonchev–Trinajstić information content (AvgIpc) is 3.13. The quantitative estimate of drug-likeness (QED) is 0.138. The molecule has 2 atom stereocenters. The van der Waals surface area contributed by atoms with E-state index in [-0.39, 0.29) is 35.0 Å². The van der Waals surface area contributed by atoms with E-state index < -0.39 is 64.0 Å². The largest absolute Gasteiger partial charge is 0.480 e. The van der Waals surface area contributed by atoms with Gasteiger partial charge in [-0.2, -0.15) is 0 Å². The average molecular weight is 727 g/mol. The second-order valence-corrected chi connectivity index (χ2v) is 11.4. The van der Waals surface area contributed by atoms with Crippen molar-refractivity contribution in [2.24, 2.45) is 7.05 Å². The van der Waals surface area contributed by atoms with Crippen LogP contribution in [-0.4, -0.2) is 54.1 Å². The molecule has 0 spiro atoms. The van der Waals surface area contributed by atoms with E-state index in [0.717, 1.165) is 10.6 Å². The fourth-order valence-corrected chi connectivity index (χ4v) is 5.64. The molecule has 11 nitrogen and oxygen atoms in total. The molecular formula is C37H42F4N6O5. The zero-order valence-electron chi connectivity index (χ0n) is 30.1. The Morgan fingerprint density at radius 1 is 1.00 bits per heavy atom.